The van der Waals surface area contributed by atoms with Crippen molar-refractivity contribution in [1.29, 1.82) is 0 Å². The average molecular weight is 428 g/mol. The number of carbonyl (C=O) groups excluding carboxylic acids is 1. The zero-order chi connectivity index (χ0) is 22.8. The lowest BCUT2D eigenvalue weighted by Gasteiger charge is -2.20. The maximum atomic E-state index is 13.6. The molecule has 0 aliphatic heterocycles. The number of para-hydroxylation sites is 1. The Kier molecular flexibility index (Phi) is 5.73. The van der Waals surface area contributed by atoms with Gasteiger partial charge in [-0.05, 0) is 61.7 Å². The highest BCUT2D eigenvalue weighted by molar-refractivity contribution is 5.84. The minimum Gasteiger partial charge on any atom is -0.350 e. The second-order valence-electron chi connectivity index (χ2n) is 7.78. The predicted molar refractivity (Wildman–Crippen MR) is 124 cm³/mol. The van der Waals surface area contributed by atoms with Crippen LogP contribution in [0.25, 0.3) is 16.6 Å². The van der Waals surface area contributed by atoms with Gasteiger partial charge in [-0.25, -0.2) is 9.36 Å². The van der Waals surface area contributed by atoms with E-state index in [1.807, 2.05) is 32.0 Å². The minimum atomic E-state index is -0.832. The number of hydrogen-bond acceptors (Lipinski definition) is 4. The monoisotopic (exact) mass is 428 g/mol. The highest BCUT2D eigenvalue weighted by Crippen LogP contribution is 2.18. The number of hydrogen-bond donors (Lipinski definition) is 1. The Bertz CT molecular complexity index is 1420. The van der Waals surface area contributed by atoms with Crippen LogP contribution < -0.4 is 16.6 Å². The number of aryl methyl sites for hydroxylation is 1. The molecule has 4 aromatic rings. The Hall–Kier alpha value is -4.00. The van der Waals surface area contributed by atoms with Gasteiger partial charge in [0, 0.05) is 18.9 Å². The normalized spacial score (nSPS) is 12.0. The van der Waals surface area contributed by atoms with Gasteiger partial charge in [0.25, 0.3) is 5.56 Å². The molecule has 0 aliphatic carbocycles. The third-order valence-electron chi connectivity index (χ3n) is 5.77. The van der Waals surface area contributed by atoms with Crippen molar-refractivity contribution in [3.8, 4) is 5.69 Å². The van der Waals surface area contributed by atoms with Crippen molar-refractivity contribution in [3.63, 3.8) is 0 Å². The molecule has 0 spiro atoms. The molecule has 162 valence electrons. The van der Waals surface area contributed by atoms with E-state index in [4.69, 9.17) is 0 Å². The van der Waals surface area contributed by atoms with E-state index >= 15 is 0 Å². The van der Waals surface area contributed by atoms with Crippen molar-refractivity contribution in [2.75, 3.05) is 0 Å². The highest BCUT2D eigenvalue weighted by Gasteiger charge is 2.23. The molecule has 2 aromatic heterocycles. The number of benzene rings is 2. The molecule has 2 heterocycles. The molecule has 0 saturated heterocycles. The van der Waals surface area contributed by atoms with E-state index in [2.05, 4.69) is 10.3 Å². The van der Waals surface area contributed by atoms with E-state index in [-0.39, 0.29) is 5.91 Å². The molecule has 0 saturated carbocycles. The standard InChI is InChI=1S/C25H24N4O3/c1-16-8-6-12-21(17(16)2)29-24(31)20-10-4-5-11-22(20)28(25(29)32)18(3)23(30)27-15-19-9-7-13-26-14-19/h4-14,18H,15H2,1-3H3,(H,27,30). The molecule has 0 fully saturated rings. The van der Waals surface area contributed by atoms with Gasteiger partial charge in [-0.1, -0.05) is 30.3 Å². The first kappa shape index (κ1) is 21.2. The van der Waals surface area contributed by atoms with Gasteiger partial charge >= 0.3 is 5.69 Å². The van der Waals surface area contributed by atoms with Crippen LogP contribution in [0.3, 0.4) is 0 Å². The zero-order valence-electron chi connectivity index (χ0n) is 18.2. The van der Waals surface area contributed by atoms with Gasteiger partial charge in [0.1, 0.15) is 6.04 Å². The second-order valence-corrected chi connectivity index (χ2v) is 7.78. The Morgan fingerprint density at radius 3 is 2.56 bits per heavy atom. The van der Waals surface area contributed by atoms with Crippen LogP contribution in [-0.2, 0) is 11.3 Å². The minimum absolute atomic E-state index is 0.292. The van der Waals surface area contributed by atoms with Crippen molar-refractivity contribution < 1.29 is 4.79 Å². The van der Waals surface area contributed by atoms with E-state index in [0.717, 1.165) is 21.3 Å². The number of aromatic nitrogens is 3. The second kappa shape index (κ2) is 8.63. The summed E-state index contributed by atoms with van der Waals surface area (Å²) in [6.07, 6.45) is 3.34. The molecule has 0 aliphatic rings. The summed E-state index contributed by atoms with van der Waals surface area (Å²) in [4.78, 5) is 44.0. The summed E-state index contributed by atoms with van der Waals surface area (Å²) in [7, 11) is 0. The van der Waals surface area contributed by atoms with Crippen molar-refractivity contribution >= 4 is 16.8 Å². The number of amides is 1. The molecule has 7 heteroatoms. The van der Waals surface area contributed by atoms with Gasteiger partial charge in [-0.3, -0.25) is 19.1 Å². The van der Waals surface area contributed by atoms with Crippen LogP contribution in [0.5, 0.6) is 0 Å². The summed E-state index contributed by atoms with van der Waals surface area (Å²) >= 11 is 0. The Labute approximate surface area is 185 Å². The molecular weight excluding hydrogens is 404 g/mol. The number of pyridine rings is 1. The van der Waals surface area contributed by atoms with Gasteiger partial charge in [0.2, 0.25) is 5.91 Å². The lowest BCUT2D eigenvalue weighted by Crippen LogP contribution is -2.43. The van der Waals surface area contributed by atoms with Crippen LogP contribution in [0, 0.1) is 13.8 Å². The van der Waals surface area contributed by atoms with Crippen molar-refractivity contribution in [2.24, 2.45) is 0 Å². The fourth-order valence-electron chi connectivity index (χ4n) is 3.80. The first-order chi connectivity index (χ1) is 15.4. The summed E-state index contributed by atoms with van der Waals surface area (Å²) in [6, 6.07) is 15.2. The van der Waals surface area contributed by atoms with Crippen molar-refractivity contribution in [2.45, 2.75) is 33.4 Å². The number of nitrogens with one attached hydrogen (secondary N) is 1. The molecule has 2 aromatic carbocycles. The molecule has 1 atom stereocenters. The van der Waals surface area contributed by atoms with E-state index in [1.54, 1.807) is 55.7 Å². The van der Waals surface area contributed by atoms with Crippen LogP contribution >= 0.6 is 0 Å². The Morgan fingerprint density at radius 1 is 1.03 bits per heavy atom. The average Bonchev–Trinajstić information content (AvgIpc) is 2.81. The van der Waals surface area contributed by atoms with Crippen LogP contribution in [0.4, 0.5) is 0 Å². The fourth-order valence-corrected chi connectivity index (χ4v) is 3.80. The van der Waals surface area contributed by atoms with Crippen LogP contribution in [-0.4, -0.2) is 20.0 Å². The number of nitrogens with zero attached hydrogens (tertiary/aromatic N) is 3. The van der Waals surface area contributed by atoms with Crippen LogP contribution in [0.1, 0.15) is 29.7 Å². The maximum absolute atomic E-state index is 13.6. The first-order valence-corrected chi connectivity index (χ1v) is 10.4. The quantitative estimate of drug-likeness (QED) is 0.529. The summed E-state index contributed by atoms with van der Waals surface area (Å²) < 4.78 is 2.55. The van der Waals surface area contributed by atoms with Crippen molar-refractivity contribution in [3.05, 3.63) is 105 Å². The van der Waals surface area contributed by atoms with E-state index in [9.17, 15) is 14.4 Å². The molecule has 0 radical (unpaired) electrons. The third kappa shape index (κ3) is 3.73. The van der Waals surface area contributed by atoms with Crippen molar-refractivity contribution in [1.82, 2.24) is 19.4 Å². The Morgan fingerprint density at radius 2 is 1.81 bits per heavy atom. The summed E-state index contributed by atoms with van der Waals surface area (Å²) in [5.41, 5.74) is 2.64. The van der Waals surface area contributed by atoms with Gasteiger partial charge in [-0.2, -0.15) is 0 Å². The first-order valence-electron chi connectivity index (χ1n) is 10.4. The third-order valence-corrected chi connectivity index (χ3v) is 5.77. The molecule has 1 N–H and O–H groups in total. The number of carbonyl (C=O) groups is 1. The summed E-state index contributed by atoms with van der Waals surface area (Å²) in [5, 5.41) is 3.23. The lowest BCUT2D eigenvalue weighted by molar-refractivity contribution is -0.124. The van der Waals surface area contributed by atoms with E-state index in [0.29, 0.717) is 23.1 Å². The predicted octanol–water partition coefficient (Wildman–Crippen LogP) is 3.04. The molecule has 4 rings (SSSR count). The number of fused-ring (bicyclic) bond motifs is 1. The molecule has 1 unspecified atom stereocenters. The van der Waals surface area contributed by atoms with Gasteiger partial charge in [-0.15, -0.1) is 0 Å². The van der Waals surface area contributed by atoms with Crippen LogP contribution in [0.15, 0.2) is 76.6 Å². The molecular formula is C25H24N4O3. The fraction of sp³-hybridized carbons (Fsp3) is 0.200. The smallest absolute Gasteiger partial charge is 0.336 e. The number of rotatable bonds is 5. The zero-order valence-corrected chi connectivity index (χ0v) is 18.2. The SMILES string of the molecule is Cc1cccc(-n2c(=O)c3ccccc3n(C(C)C(=O)NCc3cccnc3)c2=O)c1C. The molecule has 0 bridgehead atoms. The Balaban J connectivity index is 1.85. The van der Waals surface area contributed by atoms with E-state index < -0.39 is 17.3 Å². The van der Waals surface area contributed by atoms with Gasteiger partial charge < -0.3 is 5.32 Å². The maximum Gasteiger partial charge on any atom is 0.336 e. The summed E-state index contributed by atoms with van der Waals surface area (Å²) in [6.45, 7) is 5.75. The molecule has 32 heavy (non-hydrogen) atoms. The van der Waals surface area contributed by atoms with Gasteiger partial charge in [0.15, 0.2) is 0 Å². The van der Waals surface area contributed by atoms with Gasteiger partial charge in [0.05, 0.1) is 16.6 Å². The molecule has 7 nitrogen and oxygen atoms in total. The summed E-state index contributed by atoms with van der Waals surface area (Å²) in [5.74, 6) is -0.327. The topological polar surface area (TPSA) is 86.0 Å². The molecule has 1 amide bonds. The lowest BCUT2D eigenvalue weighted by atomic mass is 10.1. The van der Waals surface area contributed by atoms with E-state index in [1.165, 1.54) is 4.57 Å². The highest BCUT2D eigenvalue weighted by atomic mass is 16.2. The van der Waals surface area contributed by atoms with Crippen LogP contribution in [0.2, 0.25) is 0 Å². The largest absolute Gasteiger partial charge is 0.350 e.